The molecule has 0 spiro atoms. The number of aromatic nitrogens is 2. The molecule has 194 valence electrons. The summed E-state index contributed by atoms with van der Waals surface area (Å²) in [5.41, 5.74) is 8.19. The molecule has 0 saturated carbocycles. The summed E-state index contributed by atoms with van der Waals surface area (Å²) in [5, 5.41) is 4.03. The van der Waals surface area contributed by atoms with E-state index in [9.17, 15) is 8.42 Å². The van der Waals surface area contributed by atoms with E-state index in [0.29, 0.717) is 31.4 Å². The lowest BCUT2D eigenvalue weighted by atomic mass is 10.1. The van der Waals surface area contributed by atoms with E-state index in [-0.39, 0.29) is 6.61 Å². The second kappa shape index (κ2) is 12.3. The predicted molar refractivity (Wildman–Crippen MR) is 145 cm³/mol. The third kappa shape index (κ3) is 8.90. The summed E-state index contributed by atoms with van der Waals surface area (Å²) in [6.07, 6.45) is 6.10. The van der Waals surface area contributed by atoms with Crippen LogP contribution < -0.4 is 15.2 Å². The van der Waals surface area contributed by atoms with E-state index in [1.807, 2.05) is 53.3 Å². The lowest BCUT2D eigenvalue weighted by Gasteiger charge is -2.14. The van der Waals surface area contributed by atoms with Crippen molar-refractivity contribution in [2.45, 2.75) is 32.2 Å². The molecule has 0 unspecified atom stereocenters. The second-order valence-electron chi connectivity index (χ2n) is 9.55. The fraction of sp³-hybridized carbons (Fsp3) is 0.360. The molecule has 3 aromatic rings. The van der Waals surface area contributed by atoms with Crippen LogP contribution in [0, 0.1) is 0 Å². The Labute approximate surface area is 213 Å². The molecule has 11 heteroatoms. The molecule has 3 N–H and O–H groups in total. The Balaban J connectivity index is 1.62. The highest BCUT2D eigenvalue weighted by Gasteiger charge is 2.14. The van der Waals surface area contributed by atoms with Gasteiger partial charge in [-0.2, -0.15) is 13.5 Å². The number of hydrogen-bond donors (Lipinski definition) is 2. The van der Waals surface area contributed by atoms with Crippen LogP contribution in [0.3, 0.4) is 0 Å². The topological polar surface area (TPSA) is 120 Å². The number of rotatable bonds is 13. The minimum absolute atomic E-state index is 0.0545. The van der Waals surface area contributed by atoms with Crippen LogP contribution in [0.2, 0.25) is 25.7 Å². The van der Waals surface area contributed by atoms with Crippen molar-refractivity contribution in [2.75, 3.05) is 26.2 Å². The summed E-state index contributed by atoms with van der Waals surface area (Å²) in [7, 11) is -4.59. The Morgan fingerprint density at radius 2 is 1.83 bits per heavy atom. The summed E-state index contributed by atoms with van der Waals surface area (Å²) in [5.74, 6) is 1.37. The van der Waals surface area contributed by atoms with Crippen LogP contribution >= 0.6 is 0 Å². The van der Waals surface area contributed by atoms with E-state index in [4.69, 9.17) is 19.4 Å². The van der Waals surface area contributed by atoms with Gasteiger partial charge in [0, 0.05) is 26.3 Å². The minimum atomic E-state index is -3.47. The van der Waals surface area contributed by atoms with Gasteiger partial charge >= 0.3 is 0 Å². The van der Waals surface area contributed by atoms with Gasteiger partial charge in [0.15, 0.2) is 6.54 Å². The van der Waals surface area contributed by atoms with Crippen LogP contribution in [0.25, 0.3) is 10.9 Å². The van der Waals surface area contributed by atoms with Crippen molar-refractivity contribution in [3.8, 4) is 11.5 Å². The van der Waals surface area contributed by atoms with Gasteiger partial charge in [-0.1, -0.05) is 19.6 Å². The zero-order chi connectivity index (χ0) is 26.2. The maximum Gasteiger partial charge on any atom is 0.264 e. The largest absolute Gasteiger partial charge is 0.457 e. The van der Waals surface area contributed by atoms with Gasteiger partial charge < -0.3 is 15.2 Å². The van der Waals surface area contributed by atoms with Gasteiger partial charge in [-0.05, 0) is 54.7 Å². The minimum Gasteiger partial charge on any atom is -0.457 e. The Bertz CT molecular complexity index is 1310. The molecule has 2 aromatic carbocycles. The number of H-pyrrole nitrogens is 1. The molecular weight excluding hydrogens is 496 g/mol. The number of nitrogens with zero attached hydrogens (tertiary/aromatic N) is 2. The van der Waals surface area contributed by atoms with Crippen molar-refractivity contribution in [2.24, 2.45) is 10.7 Å². The van der Waals surface area contributed by atoms with Gasteiger partial charge in [0.1, 0.15) is 24.8 Å². The number of nitrogens with one attached hydrogen (secondary N) is 1. The molecule has 0 bridgehead atoms. The van der Waals surface area contributed by atoms with Gasteiger partial charge in [-0.15, -0.1) is 4.68 Å². The lowest BCUT2D eigenvalue weighted by Crippen LogP contribution is -2.38. The van der Waals surface area contributed by atoms with Crippen LogP contribution in [0.5, 0.6) is 11.5 Å². The number of hydrogen-bond acceptors (Lipinski definition) is 7. The third-order valence-electron chi connectivity index (χ3n) is 5.24. The molecule has 3 rings (SSSR count). The average Bonchev–Trinajstić information content (AvgIpc) is 3.19. The number of aliphatic imine (C=N–C) groups is 1. The molecule has 0 atom stereocenters. The molecule has 0 amide bonds. The van der Waals surface area contributed by atoms with Crippen molar-refractivity contribution < 1.29 is 26.8 Å². The number of benzene rings is 2. The van der Waals surface area contributed by atoms with Crippen LogP contribution in [-0.4, -0.2) is 53.5 Å². The standard InChI is InChI=1S/C25H34N4O5SSi/c1-35(30,31)33-14-13-29-25-10-9-23(17-21(25)18-28-29)34-22-7-5-20(6-8-22)24(11-12-26)27-19-32-15-16-36(2,3)4/h5-12,17-18H,13-16,19H2,1-4H3,(H2,26,27)/p+1. The maximum atomic E-state index is 11.2. The first-order chi connectivity index (χ1) is 17.0. The van der Waals surface area contributed by atoms with E-state index in [1.54, 1.807) is 6.08 Å². The third-order valence-corrected chi connectivity index (χ3v) is 7.54. The van der Waals surface area contributed by atoms with Gasteiger partial charge in [-0.3, -0.25) is 9.18 Å². The van der Waals surface area contributed by atoms with Crippen LogP contribution in [-0.2, 0) is 25.6 Å². The van der Waals surface area contributed by atoms with Crippen molar-refractivity contribution in [3.05, 3.63) is 66.5 Å². The van der Waals surface area contributed by atoms with Crippen molar-refractivity contribution >= 4 is 34.8 Å². The van der Waals surface area contributed by atoms with Gasteiger partial charge in [0.05, 0.1) is 23.6 Å². The van der Waals surface area contributed by atoms with E-state index >= 15 is 0 Å². The van der Waals surface area contributed by atoms with Gasteiger partial charge in [0.2, 0.25) is 5.52 Å². The number of nitrogens with two attached hydrogens (primary N) is 1. The fourth-order valence-electron chi connectivity index (χ4n) is 3.36. The fourth-order valence-corrected chi connectivity index (χ4v) is 4.49. The average molecular weight is 532 g/mol. The van der Waals surface area contributed by atoms with Crippen molar-refractivity contribution in [1.29, 1.82) is 0 Å². The zero-order valence-corrected chi connectivity index (χ0v) is 23.0. The normalized spacial score (nSPS) is 13.1. The van der Waals surface area contributed by atoms with E-state index in [2.05, 4.69) is 29.7 Å². The summed E-state index contributed by atoms with van der Waals surface area (Å²) >= 11 is 0. The van der Waals surface area contributed by atoms with Gasteiger partial charge in [-0.25, -0.2) is 0 Å². The zero-order valence-electron chi connectivity index (χ0n) is 21.2. The number of aromatic amines is 1. The monoisotopic (exact) mass is 531 g/mol. The first-order valence-corrected chi connectivity index (χ1v) is 17.2. The van der Waals surface area contributed by atoms with Gasteiger partial charge in [0.25, 0.3) is 10.1 Å². The van der Waals surface area contributed by atoms with Crippen molar-refractivity contribution in [3.63, 3.8) is 0 Å². The number of fused-ring (bicyclic) bond motifs is 1. The summed E-state index contributed by atoms with van der Waals surface area (Å²) < 4.78 is 40.7. The highest BCUT2D eigenvalue weighted by molar-refractivity contribution is 7.85. The number of allylic oxidation sites excluding steroid dienone is 1. The molecule has 0 aliphatic heterocycles. The Morgan fingerprint density at radius 1 is 1.11 bits per heavy atom. The van der Waals surface area contributed by atoms with E-state index < -0.39 is 18.2 Å². The molecule has 36 heavy (non-hydrogen) atoms. The molecule has 1 heterocycles. The molecule has 0 aliphatic carbocycles. The second-order valence-corrected chi connectivity index (χ2v) is 16.8. The predicted octanol–water partition coefficient (Wildman–Crippen LogP) is 3.80. The Kier molecular flexibility index (Phi) is 9.43. The molecule has 1 aromatic heterocycles. The quantitative estimate of drug-likeness (QED) is 0.114. The van der Waals surface area contributed by atoms with Crippen molar-refractivity contribution in [1.82, 2.24) is 5.10 Å². The molecule has 0 fully saturated rings. The summed E-state index contributed by atoms with van der Waals surface area (Å²) in [6.45, 7) is 8.39. The van der Waals surface area contributed by atoms with Crippen LogP contribution in [0.15, 0.2) is 65.9 Å². The first kappa shape index (κ1) is 27.6. The van der Waals surface area contributed by atoms with Crippen LogP contribution in [0.4, 0.5) is 0 Å². The summed E-state index contributed by atoms with van der Waals surface area (Å²) in [6, 6.07) is 14.4. The molecule has 9 nitrogen and oxygen atoms in total. The molecular formula is C25H35N4O5SSi+. The number of ether oxygens (including phenoxy) is 2. The smallest absolute Gasteiger partial charge is 0.264 e. The first-order valence-electron chi connectivity index (χ1n) is 11.7. The SMILES string of the molecule is C[Si](C)(C)CCOC/N=C(/C=C\N)c1ccc(Oc2ccc3c(c[nH][n+]3CCOS(C)(=O)=O)c2)cc1. The van der Waals surface area contributed by atoms with E-state index in [0.717, 1.165) is 34.5 Å². The molecule has 0 saturated heterocycles. The highest BCUT2D eigenvalue weighted by Crippen LogP contribution is 2.25. The summed E-state index contributed by atoms with van der Waals surface area (Å²) in [4.78, 5) is 4.54. The Morgan fingerprint density at radius 3 is 2.50 bits per heavy atom. The Hall–Kier alpha value is -2.99. The highest BCUT2D eigenvalue weighted by atomic mass is 32.2. The lowest BCUT2D eigenvalue weighted by molar-refractivity contribution is -0.727. The molecule has 0 aliphatic rings. The van der Waals surface area contributed by atoms with Crippen LogP contribution in [0.1, 0.15) is 5.56 Å². The van der Waals surface area contributed by atoms with E-state index in [1.165, 1.54) is 6.20 Å². The maximum absolute atomic E-state index is 11.2. The molecule has 0 radical (unpaired) electrons.